The number of hydrogen-bond donors (Lipinski definition) is 1. The lowest BCUT2D eigenvalue weighted by Crippen LogP contribution is -2.06. The van der Waals surface area contributed by atoms with Crippen LogP contribution in [-0.4, -0.2) is 17.7 Å². The smallest absolute Gasteiger partial charge is 0.371 e. The quantitative estimate of drug-likeness (QED) is 0.353. The predicted octanol–water partition coefficient (Wildman–Crippen LogP) is 5.05. The Hall–Kier alpha value is -1.77. The van der Waals surface area contributed by atoms with Crippen LogP contribution in [0.25, 0.3) is 6.08 Å². The Kier molecular flexibility index (Phi) is 9.04. The Balaban J connectivity index is 2.44. The molecule has 0 heterocycles. The number of benzene rings is 1. The second-order valence-corrected chi connectivity index (χ2v) is 5.53. The van der Waals surface area contributed by atoms with Gasteiger partial charge in [0.05, 0.1) is 6.61 Å². The largest absolute Gasteiger partial charge is 0.487 e. The second kappa shape index (κ2) is 10.9. The fourth-order valence-electron chi connectivity index (χ4n) is 2.23. The van der Waals surface area contributed by atoms with E-state index in [1.54, 1.807) is 6.08 Å². The first-order chi connectivity index (χ1) is 10.7. The van der Waals surface area contributed by atoms with Crippen LogP contribution in [0.5, 0.6) is 0 Å². The fraction of sp³-hybridized carbons (Fsp3) is 0.526. The number of hydrogen-bond acceptors (Lipinski definition) is 2. The number of rotatable bonds is 11. The first-order valence-electron chi connectivity index (χ1n) is 8.34. The molecule has 0 aliphatic carbocycles. The van der Waals surface area contributed by atoms with Crippen molar-refractivity contribution in [3.8, 4) is 0 Å². The van der Waals surface area contributed by atoms with Crippen LogP contribution in [0.4, 0.5) is 0 Å². The van der Waals surface area contributed by atoms with E-state index >= 15 is 0 Å². The normalized spacial score (nSPS) is 11.5. The number of carboxylic acid groups (broad SMARTS) is 1. The van der Waals surface area contributed by atoms with Gasteiger partial charge in [0.15, 0.2) is 0 Å². The first-order valence-corrected chi connectivity index (χ1v) is 8.34. The molecule has 0 aliphatic rings. The van der Waals surface area contributed by atoms with Crippen molar-refractivity contribution >= 4 is 12.0 Å². The van der Waals surface area contributed by atoms with Crippen LogP contribution in [0.2, 0.25) is 0 Å². The van der Waals surface area contributed by atoms with Crippen molar-refractivity contribution in [3.63, 3.8) is 0 Å². The topological polar surface area (TPSA) is 46.5 Å². The number of aliphatic carboxylic acids is 1. The van der Waals surface area contributed by atoms with E-state index in [0.717, 1.165) is 24.8 Å². The van der Waals surface area contributed by atoms with Gasteiger partial charge in [-0.1, -0.05) is 70.2 Å². The summed E-state index contributed by atoms with van der Waals surface area (Å²) < 4.78 is 5.43. The number of unbranched alkanes of at least 4 members (excludes halogenated alkanes) is 5. The minimum Gasteiger partial charge on any atom is -0.487 e. The zero-order valence-electron chi connectivity index (χ0n) is 13.8. The van der Waals surface area contributed by atoms with Gasteiger partial charge < -0.3 is 9.84 Å². The van der Waals surface area contributed by atoms with Crippen LogP contribution in [0.3, 0.4) is 0 Å². The molecule has 0 spiro atoms. The highest BCUT2D eigenvalue weighted by Gasteiger charge is 2.08. The zero-order valence-corrected chi connectivity index (χ0v) is 13.8. The van der Waals surface area contributed by atoms with Gasteiger partial charge in [-0.3, -0.25) is 0 Å². The van der Waals surface area contributed by atoms with Gasteiger partial charge in [0.2, 0.25) is 5.76 Å². The summed E-state index contributed by atoms with van der Waals surface area (Å²) in [5.41, 5.74) is 2.10. The highest BCUT2D eigenvalue weighted by atomic mass is 16.5. The van der Waals surface area contributed by atoms with Crippen molar-refractivity contribution in [3.05, 3.63) is 41.2 Å². The third-order valence-corrected chi connectivity index (χ3v) is 3.65. The summed E-state index contributed by atoms with van der Waals surface area (Å²) in [7, 11) is 0. The Bertz CT molecular complexity index is 460. The molecule has 0 aromatic heterocycles. The molecule has 0 saturated carbocycles. The zero-order chi connectivity index (χ0) is 16.2. The lowest BCUT2D eigenvalue weighted by Gasteiger charge is -2.07. The molecule has 3 nitrogen and oxygen atoms in total. The van der Waals surface area contributed by atoms with Gasteiger partial charge in [-0.25, -0.2) is 4.79 Å². The molecule has 0 atom stereocenters. The SMILES string of the molecule is CCCCCCCCOC(=Cc1ccc(CC)cc1)C(=O)O. The number of ether oxygens (including phenoxy) is 1. The molecule has 22 heavy (non-hydrogen) atoms. The van der Waals surface area contributed by atoms with Gasteiger partial charge >= 0.3 is 5.97 Å². The Morgan fingerprint density at radius 2 is 1.68 bits per heavy atom. The average molecular weight is 304 g/mol. The molecular weight excluding hydrogens is 276 g/mol. The highest BCUT2D eigenvalue weighted by Crippen LogP contribution is 2.12. The molecule has 0 unspecified atom stereocenters. The van der Waals surface area contributed by atoms with Crippen molar-refractivity contribution in [2.24, 2.45) is 0 Å². The van der Waals surface area contributed by atoms with E-state index in [1.807, 2.05) is 24.3 Å². The van der Waals surface area contributed by atoms with E-state index in [0.29, 0.717) is 6.61 Å². The van der Waals surface area contributed by atoms with Crippen LogP contribution in [0.15, 0.2) is 30.0 Å². The first kappa shape index (κ1) is 18.3. The number of carboxylic acids is 1. The molecule has 3 heteroatoms. The van der Waals surface area contributed by atoms with Crippen LogP contribution in [0.1, 0.15) is 63.5 Å². The third kappa shape index (κ3) is 7.30. The molecule has 0 radical (unpaired) electrons. The minimum absolute atomic E-state index is 0.0257. The Labute approximate surface area is 134 Å². The Morgan fingerprint density at radius 1 is 1.05 bits per heavy atom. The van der Waals surface area contributed by atoms with Crippen molar-refractivity contribution in [2.75, 3.05) is 6.61 Å². The van der Waals surface area contributed by atoms with E-state index in [9.17, 15) is 9.90 Å². The molecule has 0 aliphatic heterocycles. The van der Waals surface area contributed by atoms with Crippen molar-refractivity contribution in [1.82, 2.24) is 0 Å². The monoisotopic (exact) mass is 304 g/mol. The highest BCUT2D eigenvalue weighted by molar-refractivity contribution is 5.89. The van der Waals surface area contributed by atoms with Crippen LogP contribution < -0.4 is 0 Å². The maximum Gasteiger partial charge on any atom is 0.371 e. The van der Waals surface area contributed by atoms with Gasteiger partial charge in [0.25, 0.3) is 0 Å². The number of aryl methyl sites for hydroxylation is 1. The van der Waals surface area contributed by atoms with Gasteiger partial charge in [-0.2, -0.15) is 0 Å². The van der Waals surface area contributed by atoms with Gasteiger partial charge in [0, 0.05) is 0 Å². The van der Waals surface area contributed by atoms with E-state index in [2.05, 4.69) is 13.8 Å². The van der Waals surface area contributed by atoms with E-state index in [1.165, 1.54) is 31.2 Å². The summed E-state index contributed by atoms with van der Waals surface area (Å²) in [6.07, 6.45) is 9.53. The van der Waals surface area contributed by atoms with Crippen LogP contribution >= 0.6 is 0 Å². The van der Waals surface area contributed by atoms with Crippen LogP contribution in [0, 0.1) is 0 Å². The van der Waals surface area contributed by atoms with E-state index < -0.39 is 5.97 Å². The van der Waals surface area contributed by atoms with Gasteiger partial charge in [0.1, 0.15) is 0 Å². The Morgan fingerprint density at radius 3 is 2.27 bits per heavy atom. The number of carbonyl (C=O) groups is 1. The summed E-state index contributed by atoms with van der Waals surface area (Å²) in [6, 6.07) is 7.88. The van der Waals surface area contributed by atoms with Gasteiger partial charge in [-0.05, 0) is 30.0 Å². The maximum absolute atomic E-state index is 11.2. The van der Waals surface area contributed by atoms with Crippen molar-refractivity contribution in [1.29, 1.82) is 0 Å². The van der Waals surface area contributed by atoms with Crippen molar-refractivity contribution in [2.45, 2.75) is 58.8 Å². The molecule has 1 N–H and O–H groups in total. The van der Waals surface area contributed by atoms with Gasteiger partial charge in [-0.15, -0.1) is 0 Å². The molecule has 1 aromatic carbocycles. The lowest BCUT2D eigenvalue weighted by molar-refractivity contribution is -0.136. The predicted molar refractivity (Wildman–Crippen MR) is 90.8 cm³/mol. The molecule has 0 bridgehead atoms. The summed E-state index contributed by atoms with van der Waals surface area (Å²) in [5.74, 6) is -0.983. The summed E-state index contributed by atoms with van der Waals surface area (Å²) in [4.78, 5) is 11.2. The maximum atomic E-state index is 11.2. The molecule has 0 saturated heterocycles. The molecule has 122 valence electrons. The second-order valence-electron chi connectivity index (χ2n) is 5.53. The van der Waals surface area contributed by atoms with E-state index in [-0.39, 0.29) is 5.76 Å². The molecule has 0 fully saturated rings. The minimum atomic E-state index is -1.01. The van der Waals surface area contributed by atoms with Crippen LogP contribution in [-0.2, 0) is 16.0 Å². The third-order valence-electron chi connectivity index (χ3n) is 3.65. The molecule has 0 amide bonds. The lowest BCUT2D eigenvalue weighted by atomic mass is 10.1. The molecule has 1 aromatic rings. The fourth-order valence-corrected chi connectivity index (χ4v) is 2.23. The standard InChI is InChI=1S/C19H28O3/c1-3-5-6-7-8-9-14-22-18(19(20)21)15-17-12-10-16(4-2)11-13-17/h10-13,15H,3-9,14H2,1-2H3,(H,20,21). The van der Waals surface area contributed by atoms with Crippen molar-refractivity contribution < 1.29 is 14.6 Å². The molecule has 1 rings (SSSR count). The molecular formula is C19H28O3. The average Bonchev–Trinajstić information content (AvgIpc) is 2.53. The summed E-state index contributed by atoms with van der Waals surface area (Å²) in [5, 5.41) is 9.21. The van der Waals surface area contributed by atoms with E-state index in [4.69, 9.17) is 4.74 Å². The summed E-state index contributed by atoms with van der Waals surface area (Å²) in [6.45, 7) is 4.76. The summed E-state index contributed by atoms with van der Waals surface area (Å²) >= 11 is 0.